The second-order valence-corrected chi connectivity index (χ2v) is 5.66. The largest absolute Gasteiger partial charge is 0.372 e. The maximum absolute atomic E-state index is 10.9. The number of halogens is 1. The summed E-state index contributed by atoms with van der Waals surface area (Å²) in [6.07, 6.45) is 4.90. The van der Waals surface area contributed by atoms with Gasteiger partial charge in [-0.3, -0.25) is 10.1 Å². The van der Waals surface area contributed by atoms with Crippen LogP contribution in [-0.2, 0) is 5.88 Å². The summed E-state index contributed by atoms with van der Waals surface area (Å²) >= 11 is 5.84. The van der Waals surface area contributed by atoms with Crippen LogP contribution >= 0.6 is 11.6 Å². The van der Waals surface area contributed by atoms with Crippen molar-refractivity contribution in [3.05, 3.63) is 33.9 Å². The zero-order valence-electron chi connectivity index (χ0n) is 11.8. The summed E-state index contributed by atoms with van der Waals surface area (Å²) in [5.74, 6) is 0.987. The second kappa shape index (κ2) is 6.93. The highest BCUT2D eigenvalue weighted by Gasteiger charge is 2.19. The molecule has 1 aromatic carbocycles. The molecule has 0 amide bonds. The van der Waals surface area contributed by atoms with Gasteiger partial charge >= 0.3 is 0 Å². The van der Waals surface area contributed by atoms with E-state index in [4.69, 9.17) is 11.6 Å². The molecule has 1 heterocycles. The Labute approximate surface area is 124 Å². The Morgan fingerprint density at radius 3 is 2.85 bits per heavy atom. The third-order valence-corrected chi connectivity index (χ3v) is 4.48. The lowest BCUT2D eigenvalue weighted by molar-refractivity contribution is -0.385. The van der Waals surface area contributed by atoms with Gasteiger partial charge in [-0.1, -0.05) is 13.3 Å². The molecule has 0 saturated carbocycles. The van der Waals surface area contributed by atoms with E-state index in [1.165, 1.54) is 25.7 Å². The highest BCUT2D eigenvalue weighted by molar-refractivity contribution is 6.17. The number of alkyl halides is 1. The molecular weight excluding hydrogens is 276 g/mol. The first kappa shape index (κ1) is 15.1. The van der Waals surface area contributed by atoms with Gasteiger partial charge in [0.25, 0.3) is 5.69 Å². The number of rotatable bonds is 4. The zero-order valence-corrected chi connectivity index (χ0v) is 12.6. The van der Waals surface area contributed by atoms with Crippen LogP contribution in [0, 0.1) is 16.0 Å². The van der Waals surface area contributed by atoms with E-state index in [1.807, 2.05) is 12.1 Å². The van der Waals surface area contributed by atoms with E-state index in [-0.39, 0.29) is 16.5 Å². The molecule has 1 atom stereocenters. The van der Waals surface area contributed by atoms with Crippen molar-refractivity contribution in [1.29, 1.82) is 0 Å². The summed E-state index contributed by atoms with van der Waals surface area (Å²) in [6.45, 7) is 4.30. The topological polar surface area (TPSA) is 46.4 Å². The van der Waals surface area contributed by atoms with Gasteiger partial charge in [-0.25, -0.2) is 0 Å². The van der Waals surface area contributed by atoms with Gasteiger partial charge in [0.15, 0.2) is 0 Å². The molecular formula is C15H21ClN2O2. The van der Waals surface area contributed by atoms with Crippen molar-refractivity contribution in [2.45, 2.75) is 38.5 Å². The van der Waals surface area contributed by atoms with Crippen molar-refractivity contribution < 1.29 is 4.92 Å². The molecule has 1 unspecified atom stereocenters. The van der Waals surface area contributed by atoms with Crippen molar-refractivity contribution in [2.75, 3.05) is 18.0 Å². The predicted octanol–water partition coefficient (Wildman–Crippen LogP) is 4.35. The number of nitro groups is 1. The Bertz CT molecular complexity index is 479. The van der Waals surface area contributed by atoms with Crippen molar-refractivity contribution in [2.24, 2.45) is 5.92 Å². The summed E-state index contributed by atoms with van der Waals surface area (Å²) in [7, 11) is 0. The fourth-order valence-electron chi connectivity index (χ4n) is 2.89. The Morgan fingerprint density at radius 2 is 2.20 bits per heavy atom. The fourth-order valence-corrected chi connectivity index (χ4v) is 3.10. The van der Waals surface area contributed by atoms with E-state index in [2.05, 4.69) is 11.8 Å². The first-order chi connectivity index (χ1) is 9.65. The molecule has 110 valence electrons. The van der Waals surface area contributed by atoms with E-state index >= 15 is 0 Å². The molecule has 5 heteroatoms. The molecule has 0 aliphatic carbocycles. The van der Waals surface area contributed by atoms with Gasteiger partial charge in [0.1, 0.15) is 0 Å². The summed E-state index contributed by atoms with van der Waals surface area (Å²) in [5.41, 5.74) is 1.78. The first-order valence-electron chi connectivity index (χ1n) is 7.24. The van der Waals surface area contributed by atoms with E-state index in [9.17, 15) is 10.1 Å². The highest BCUT2D eigenvalue weighted by atomic mass is 35.5. The molecule has 0 aromatic heterocycles. The average Bonchev–Trinajstić information content (AvgIpc) is 2.71. The second-order valence-electron chi connectivity index (χ2n) is 5.40. The van der Waals surface area contributed by atoms with Crippen LogP contribution in [-0.4, -0.2) is 18.0 Å². The monoisotopic (exact) mass is 296 g/mol. The first-order valence-corrected chi connectivity index (χ1v) is 7.77. The Balaban J connectivity index is 2.18. The van der Waals surface area contributed by atoms with Crippen LogP contribution in [0.5, 0.6) is 0 Å². The van der Waals surface area contributed by atoms with Gasteiger partial charge in [-0.05, 0) is 37.3 Å². The van der Waals surface area contributed by atoms with Gasteiger partial charge < -0.3 is 4.90 Å². The minimum Gasteiger partial charge on any atom is -0.372 e. The normalized spacial score (nSPS) is 19.7. The molecule has 2 rings (SSSR count). The molecule has 1 saturated heterocycles. The highest BCUT2D eigenvalue weighted by Crippen LogP contribution is 2.29. The van der Waals surface area contributed by atoms with Crippen LogP contribution in [0.15, 0.2) is 18.2 Å². The van der Waals surface area contributed by atoms with E-state index < -0.39 is 0 Å². The van der Waals surface area contributed by atoms with Gasteiger partial charge in [0.2, 0.25) is 0 Å². The molecule has 1 aliphatic heterocycles. The van der Waals surface area contributed by atoms with Crippen LogP contribution in [0.1, 0.15) is 38.2 Å². The molecule has 1 fully saturated rings. The van der Waals surface area contributed by atoms with Crippen LogP contribution in [0.3, 0.4) is 0 Å². The fraction of sp³-hybridized carbons (Fsp3) is 0.600. The van der Waals surface area contributed by atoms with Gasteiger partial charge in [-0.15, -0.1) is 11.6 Å². The van der Waals surface area contributed by atoms with Crippen molar-refractivity contribution in [3.63, 3.8) is 0 Å². The van der Waals surface area contributed by atoms with Crippen molar-refractivity contribution in [1.82, 2.24) is 0 Å². The van der Waals surface area contributed by atoms with Crippen LogP contribution < -0.4 is 4.90 Å². The third kappa shape index (κ3) is 3.42. The Morgan fingerprint density at radius 1 is 1.40 bits per heavy atom. The lowest BCUT2D eigenvalue weighted by Crippen LogP contribution is -2.24. The average molecular weight is 297 g/mol. The summed E-state index contributed by atoms with van der Waals surface area (Å²) < 4.78 is 0. The van der Waals surface area contributed by atoms with Gasteiger partial charge in [-0.2, -0.15) is 0 Å². The van der Waals surface area contributed by atoms with Crippen molar-refractivity contribution >= 4 is 23.0 Å². The van der Waals surface area contributed by atoms with Crippen LogP contribution in [0.2, 0.25) is 0 Å². The minimum atomic E-state index is -0.364. The number of nitrogens with zero attached hydrogens (tertiary/aromatic N) is 2. The third-order valence-electron chi connectivity index (χ3n) is 4.19. The lowest BCUT2D eigenvalue weighted by Gasteiger charge is -2.23. The van der Waals surface area contributed by atoms with Gasteiger partial charge in [0.05, 0.1) is 10.8 Å². The number of benzene rings is 1. The van der Waals surface area contributed by atoms with E-state index in [1.54, 1.807) is 6.07 Å². The maximum atomic E-state index is 10.9. The number of nitro benzene ring substituents is 1. The Hall–Kier alpha value is -1.29. The molecule has 0 bridgehead atoms. The van der Waals surface area contributed by atoms with E-state index in [0.29, 0.717) is 5.56 Å². The van der Waals surface area contributed by atoms with E-state index in [0.717, 1.165) is 24.7 Å². The number of anilines is 1. The van der Waals surface area contributed by atoms with Gasteiger partial charge in [0, 0.05) is 30.4 Å². The molecule has 1 aliphatic rings. The Kier molecular flexibility index (Phi) is 5.24. The van der Waals surface area contributed by atoms with Crippen LogP contribution in [0.4, 0.5) is 11.4 Å². The molecule has 0 spiro atoms. The molecule has 4 nitrogen and oxygen atoms in total. The number of hydrogen-bond donors (Lipinski definition) is 0. The molecule has 0 N–H and O–H groups in total. The number of hydrogen-bond acceptors (Lipinski definition) is 3. The molecule has 20 heavy (non-hydrogen) atoms. The smallest absolute Gasteiger partial charge is 0.273 e. The summed E-state index contributed by atoms with van der Waals surface area (Å²) in [5, 5.41) is 10.9. The SMILES string of the molecule is CCC1CCCN(c2ccc([N+](=O)[O-])c(CCl)c2)CC1. The minimum absolute atomic E-state index is 0.116. The summed E-state index contributed by atoms with van der Waals surface area (Å²) in [6, 6.07) is 5.30. The quantitative estimate of drug-likeness (QED) is 0.471. The molecule has 1 aromatic rings. The standard InChI is InChI=1S/C15H21ClN2O2/c1-2-12-4-3-8-17(9-7-12)14-5-6-15(18(19)20)13(10-14)11-16/h5-6,10,12H,2-4,7-9,11H2,1H3. The summed E-state index contributed by atoms with van der Waals surface area (Å²) in [4.78, 5) is 12.9. The van der Waals surface area contributed by atoms with Crippen LogP contribution in [0.25, 0.3) is 0 Å². The molecule has 0 radical (unpaired) electrons. The zero-order chi connectivity index (χ0) is 14.5. The predicted molar refractivity (Wildman–Crippen MR) is 82.5 cm³/mol. The lowest BCUT2D eigenvalue weighted by atomic mass is 9.98. The maximum Gasteiger partial charge on any atom is 0.273 e. The van der Waals surface area contributed by atoms with Crippen molar-refractivity contribution in [3.8, 4) is 0 Å².